The Balaban J connectivity index is 2.17. The number of anilines is 2. The highest BCUT2D eigenvalue weighted by Crippen LogP contribution is 2.22. The summed E-state index contributed by atoms with van der Waals surface area (Å²) < 4.78 is 11.1. The van der Waals surface area contributed by atoms with Crippen LogP contribution in [0.25, 0.3) is 0 Å². The first kappa shape index (κ1) is 15.0. The summed E-state index contributed by atoms with van der Waals surface area (Å²) in [6, 6.07) is 0. The second-order valence-electron chi connectivity index (χ2n) is 5.40. The summed E-state index contributed by atoms with van der Waals surface area (Å²) in [6.45, 7) is 6.85. The molecule has 0 radical (unpaired) electrons. The third-order valence-corrected chi connectivity index (χ3v) is 3.48. The van der Waals surface area contributed by atoms with Gasteiger partial charge in [0.15, 0.2) is 0 Å². The van der Waals surface area contributed by atoms with Gasteiger partial charge in [-0.05, 0) is 13.8 Å². The third-order valence-electron chi connectivity index (χ3n) is 3.48. The van der Waals surface area contributed by atoms with E-state index in [1.807, 2.05) is 33.0 Å². The second-order valence-corrected chi connectivity index (χ2v) is 5.40. The quantitative estimate of drug-likeness (QED) is 0.820. The number of ether oxygens (including phenoxy) is 2. The molecule has 1 fully saturated rings. The molecule has 20 heavy (non-hydrogen) atoms. The highest BCUT2D eigenvalue weighted by atomic mass is 16.6. The molecule has 1 aromatic heterocycles. The molecule has 0 aliphatic carbocycles. The van der Waals surface area contributed by atoms with Gasteiger partial charge >= 0.3 is 0 Å². The van der Waals surface area contributed by atoms with Crippen LogP contribution in [0.4, 0.5) is 11.8 Å². The average molecular weight is 280 g/mol. The van der Waals surface area contributed by atoms with Crippen molar-refractivity contribution in [2.24, 2.45) is 0 Å². The lowest BCUT2D eigenvalue weighted by molar-refractivity contribution is -0.0837. The van der Waals surface area contributed by atoms with Gasteiger partial charge in [-0.25, -0.2) is 4.98 Å². The summed E-state index contributed by atoms with van der Waals surface area (Å²) in [5.41, 5.74) is 2.11. The van der Waals surface area contributed by atoms with Crippen molar-refractivity contribution in [3.05, 3.63) is 11.3 Å². The van der Waals surface area contributed by atoms with Crippen molar-refractivity contribution in [3.8, 4) is 0 Å². The molecule has 0 N–H and O–H groups in total. The smallest absolute Gasteiger partial charge is 0.227 e. The minimum absolute atomic E-state index is 0.103. The standard InChI is InChI=1S/C14H24N4O2/c1-10-11(2)15-14(17(3)4)16-13(10)18(5)8-12-9-19-6-7-20-12/h12H,6-9H2,1-5H3. The van der Waals surface area contributed by atoms with Crippen molar-refractivity contribution in [1.29, 1.82) is 0 Å². The van der Waals surface area contributed by atoms with E-state index in [9.17, 15) is 0 Å². The number of likely N-dealkylation sites (N-methyl/N-ethyl adjacent to an activating group) is 1. The molecule has 112 valence electrons. The van der Waals surface area contributed by atoms with Gasteiger partial charge in [-0.3, -0.25) is 0 Å². The molecule has 0 saturated carbocycles. The molecule has 0 bridgehead atoms. The van der Waals surface area contributed by atoms with Crippen LogP contribution in [0.1, 0.15) is 11.3 Å². The number of hydrogen-bond donors (Lipinski definition) is 0. The molecule has 1 atom stereocenters. The molecule has 2 rings (SSSR count). The SMILES string of the molecule is Cc1nc(N(C)C)nc(N(C)CC2COCCO2)c1C. The third kappa shape index (κ3) is 3.37. The lowest BCUT2D eigenvalue weighted by atomic mass is 10.2. The summed E-state index contributed by atoms with van der Waals surface area (Å²) >= 11 is 0. The van der Waals surface area contributed by atoms with Crippen LogP contribution < -0.4 is 9.80 Å². The van der Waals surface area contributed by atoms with Gasteiger partial charge in [0.25, 0.3) is 0 Å². The lowest BCUT2D eigenvalue weighted by Crippen LogP contribution is -2.39. The summed E-state index contributed by atoms with van der Waals surface area (Å²) in [7, 11) is 5.93. The Morgan fingerprint density at radius 1 is 1.15 bits per heavy atom. The molecule has 6 nitrogen and oxygen atoms in total. The average Bonchev–Trinajstić information content (AvgIpc) is 2.42. The first-order valence-electron chi connectivity index (χ1n) is 6.92. The highest BCUT2D eigenvalue weighted by molar-refractivity contribution is 5.51. The fourth-order valence-corrected chi connectivity index (χ4v) is 2.20. The van der Waals surface area contributed by atoms with Crippen LogP contribution in [0.3, 0.4) is 0 Å². The fourth-order valence-electron chi connectivity index (χ4n) is 2.20. The van der Waals surface area contributed by atoms with Crippen molar-refractivity contribution in [2.45, 2.75) is 20.0 Å². The number of rotatable bonds is 4. The first-order chi connectivity index (χ1) is 9.49. The highest BCUT2D eigenvalue weighted by Gasteiger charge is 2.19. The van der Waals surface area contributed by atoms with Gasteiger partial charge < -0.3 is 19.3 Å². The number of aromatic nitrogens is 2. The number of hydrogen-bond acceptors (Lipinski definition) is 6. The van der Waals surface area contributed by atoms with Crippen LogP contribution in [0.5, 0.6) is 0 Å². The zero-order valence-electron chi connectivity index (χ0n) is 13.0. The van der Waals surface area contributed by atoms with E-state index in [4.69, 9.17) is 9.47 Å². The monoisotopic (exact) mass is 280 g/mol. The van der Waals surface area contributed by atoms with Gasteiger partial charge in [-0.2, -0.15) is 4.98 Å². The predicted molar refractivity (Wildman–Crippen MR) is 79.7 cm³/mol. The molecular formula is C14H24N4O2. The van der Waals surface area contributed by atoms with E-state index in [1.54, 1.807) is 0 Å². The molecule has 1 saturated heterocycles. The van der Waals surface area contributed by atoms with E-state index in [1.165, 1.54) is 0 Å². The van der Waals surface area contributed by atoms with Crippen molar-refractivity contribution >= 4 is 11.8 Å². The van der Waals surface area contributed by atoms with Gasteiger partial charge in [-0.1, -0.05) is 0 Å². The van der Waals surface area contributed by atoms with Crippen LogP contribution in [-0.2, 0) is 9.47 Å². The van der Waals surface area contributed by atoms with Crippen molar-refractivity contribution in [2.75, 3.05) is 57.3 Å². The van der Waals surface area contributed by atoms with E-state index in [2.05, 4.69) is 21.8 Å². The molecule has 1 aliphatic heterocycles. The summed E-state index contributed by atoms with van der Waals surface area (Å²) in [5.74, 6) is 1.69. The van der Waals surface area contributed by atoms with E-state index in [-0.39, 0.29) is 6.10 Å². The van der Waals surface area contributed by atoms with Crippen LogP contribution in [0.15, 0.2) is 0 Å². The van der Waals surface area contributed by atoms with Gasteiger partial charge in [0.2, 0.25) is 5.95 Å². The summed E-state index contributed by atoms with van der Waals surface area (Å²) in [5, 5.41) is 0. The summed E-state index contributed by atoms with van der Waals surface area (Å²) in [4.78, 5) is 13.2. The Morgan fingerprint density at radius 3 is 2.50 bits per heavy atom. The van der Waals surface area contributed by atoms with Crippen LogP contribution in [-0.4, -0.2) is 63.6 Å². The van der Waals surface area contributed by atoms with Crippen molar-refractivity contribution in [3.63, 3.8) is 0 Å². The van der Waals surface area contributed by atoms with Gasteiger partial charge in [0.1, 0.15) is 5.82 Å². The Labute approximate surface area is 120 Å². The van der Waals surface area contributed by atoms with E-state index < -0.39 is 0 Å². The predicted octanol–water partition coefficient (Wildman–Crippen LogP) is 1.01. The van der Waals surface area contributed by atoms with E-state index in [0.717, 1.165) is 29.6 Å². The van der Waals surface area contributed by atoms with Gasteiger partial charge in [0, 0.05) is 38.9 Å². The number of nitrogens with zero attached hydrogens (tertiary/aromatic N) is 4. The van der Waals surface area contributed by atoms with Gasteiger partial charge in [0.05, 0.1) is 25.9 Å². The molecule has 6 heteroatoms. The Morgan fingerprint density at radius 2 is 1.90 bits per heavy atom. The van der Waals surface area contributed by atoms with Crippen molar-refractivity contribution in [1.82, 2.24) is 9.97 Å². The van der Waals surface area contributed by atoms with E-state index in [0.29, 0.717) is 19.8 Å². The molecule has 1 unspecified atom stereocenters. The molecule has 1 aromatic rings. The molecule has 0 amide bonds. The first-order valence-corrected chi connectivity index (χ1v) is 6.92. The maximum Gasteiger partial charge on any atom is 0.227 e. The Kier molecular flexibility index (Phi) is 4.77. The second kappa shape index (κ2) is 6.37. The molecular weight excluding hydrogens is 256 g/mol. The van der Waals surface area contributed by atoms with E-state index >= 15 is 0 Å². The minimum Gasteiger partial charge on any atom is -0.376 e. The molecule has 1 aliphatic rings. The Hall–Kier alpha value is -1.40. The minimum atomic E-state index is 0.103. The Bertz CT molecular complexity index is 459. The topological polar surface area (TPSA) is 50.7 Å². The van der Waals surface area contributed by atoms with Crippen LogP contribution in [0.2, 0.25) is 0 Å². The number of aryl methyl sites for hydroxylation is 1. The maximum absolute atomic E-state index is 5.70. The normalized spacial score (nSPS) is 18.9. The molecule has 0 spiro atoms. The van der Waals surface area contributed by atoms with Crippen LogP contribution >= 0.6 is 0 Å². The lowest BCUT2D eigenvalue weighted by Gasteiger charge is -2.29. The zero-order chi connectivity index (χ0) is 14.7. The zero-order valence-corrected chi connectivity index (χ0v) is 13.0. The van der Waals surface area contributed by atoms with Crippen LogP contribution in [0, 0.1) is 13.8 Å². The molecule has 0 aromatic carbocycles. The van der Waals surface area contributed by atoms with Gasteiger partial charge in [-0.15, -0.1) is 0 Å². The fraction of sp³-hybridized carbons (Fsp3) is 0.714. The van der Waals surface area contributed by atoms with Crippen molar-refractivity contribution < 1.29 is 9.47 Å². The largest absolute Gasteiger partial charge is 0.376 e. The summed E-state index contributed by atoms with van der Waals surface area (Å²) in [6.07, 6.45) is 0.103. The maximum atomic E-state index is 5.70. The molecule has 2 heterocycles.